The third kappa shape index (κ3) is 4.71. The van der Waals surface area contributed by atoms with Crippen molar-refractivity contribution in [3.8, 4) is 11.1 Å². The molecule has 0 radical (unpaired) electrons. The SMILES string of the molecule is C=C/C(=C\CC)c1cc(-c2ccc(C)cc2)ccn1.CC. The third-order valence-electron chi connectivity index (χ3n) is 3.08. The van der Waals surface area contributed by atoms with Crippen LogP contribution in [0.3, 0.4) is 0 Å². The number of hydrogen-bond donors (Lipinski definition) is 0. The smallest absolute Gasteiger partial charge is 0.0704 e. The Bertz CT molecular complexity index is 591. The maximum Gasteiger partial charge on any atom is 0.0704 e. The molecule has 1 nitrogen and oxygen atoms in total. The second-order valence-electron chi connectivity index (χ2n) is 4.57. The van der Waals surface area contributed by atoms with E-state index in [4.69, 9.17) is 0 Å². The van der Waals surface area contributed by atoms with Crippen LogP contribution in [-0.2, 0) is 0 Å². The van der Waals surface area contributed by atoms with Gasteiger partial charge in [-0.05, 0) is 42.2 Å². The summed E-state index contributed by atoms with van der Waals surface area (Å²) in [5, 5.41) is 0. The molecule has 0 saturated carbocycles. The Hall–Kier alpha value is -2.15. The molecule has 0 aliphatic rings. The molecule has 0 atom stereocenters. The molecule has 0 N–H and O–H groups in total. The molecule has 0 spiro atoms. The van der Waals surface area contributed by atoms with Crippen molar-refractivity contribution < 1.29 is 0 Å². The van der Waals surface area contributed by atoms with E-state index in [1.807, 2.05) is 32.2 Å². The van der Waals surface area contributed by atoms with Crippen LogP contribution in [0.25, 0.3) is 16.7 Å². The molecule has 0 bridgehead atoms. The van der Waals surface area contributed by atoms with E-state index < -0.39 is 0 Å². The van der Waals surface area contributed by atoms with E-state index in [1.165, 1.54) is 16.7 Å². The van der Waals surface area contributed by atoms with Crippen molar-refractivity contribution in [2.24, 2.45) is 0 Å². The van der Waals surface area contributed by atoms with Crippen LogP contribution in [0.5, 0.6) is 0 Å². The standard InChI is InChI=1S/C18H19N.C2H6/c1-4-6-15(5-2)18-13-17(11-12-19-18)16-9-7-14(3)8-10-16;1-2/h5-13H,2,4H2,1,3H3;1-2H3/b15-6+;. The summed E-state index contributed by atoms with van der Waals surface area (Å²) in [6.07, 6.45) is 6.86. The predicted octanol–water partition coefficient (Wildman–Crippen LogP) is 6.06. The van der Waals surface area contributed by atoms with Gasteiger partial charge < -0.3 is 0 Å². The topological polar surface area (TPSA) is 12.9 Å². The fourth-order valence-electron chi connectivity index (χ4n) is 2.03. The number of aromatic nitrogens is 1. The van der Waals surface area contributed by atoms with Gasteiger partial charge in [0.1, 0.15) is 0 Å². The summed E-state index contributed by atoms with van der Waals surface area (Å²) >= 11 is 0. The minimum Gasteiger partial charge on any atom is -0.256 e. The van der Waals surface area contributed by atoms with Crippen LogP contribution in [0.2, 0.25) is 0 Å². The second-order valence-corrected chi connectivity index (χ2v) is 4.57. The van der Waals surface area contributed by atoms with Crippen molar-refractivity contribution in [1.29, 1.82) is 0 Å². The Morgan fingerprint density at radius 1 is 1.10 bits per heavy atom. The largest absolute Gasteiger partial charge is 0.256 e. The summed E-state index contributed by atoms with van der Waals surface area (Å²) in [6, 6.07) is 12.7. The summed E-state index contributed by atoms with van der Waals surface area (Å²) in [5.74, 6) is 0. The molecule has 2 aromatic rings. The summed E-state index contributed by atoms with van der Waals surface area (Å²) < 4.78 is 0. The van der Waals surface area contributed by atoms with Crippen molar-refractivity contribution in [3.05, 3.63) is 72.6 Å². The van der Waals surface area contributed by atoms with Gasteiger partial charge in [0.25, 0.3) is 0 Å². The van der Waals surface area contributed by atoms with Crippen LogP contribution >= 0.6 is 0 Å². The van der Waals surface area contributed by atoms with Gasteiger partial charge >= 0.3 is 0 Å². The van der Waals surface area contributed by atoms with Gasteiger partial charge in [0.15, 0.2) is 0 Å². The van der Waals surface area contributed by atoms with Gasteiger partial charge in [0, 0.05) is 6.20 Å². The van der Waals surface area contributed by atoms with Crippen molar-refractivity contribution in [1.82, 2.24) is 4.98 Å². The normalized spacial score (nSPS) is 10.6. The number of nitrogens with zero attached hydrogens (tertiary/aromatic N) is 1. The first kappa shape index (κ1) is 16.9. The van der Waals surface area contributed by atoms with Crippen LogP contribution in [-0.4, -0.2) is 4.98 Å². The summed E-state index contributed by atoms with van der Waals surface area (Å²) in [7, 11) is 0. The molecule has 0 aliphatic carbocycles. The maximum absolute atomic E-state index is 4.43. The van der Waals surface area contributed by atoms with Gasteiger partial charge in [-0.25, -0.2) is 0 Å². The average Bonchev–Trinajstić information content (AvgIpc) is 2.55. The molecular weight excluding hydrogens is 254 g/mol. The van der Waals surface area contributed by atoms with Crippen molar-refractivity contribution >= 4 is 5.57 Å². The lowest BCUT2D eigenvalue weighted by molar-refractivity contribution is 1.21. The first-order valence-corrected chi connectivity index (χ1v) is 7.60. The van der Waals surface area contributed by atoms with Crippen LogP contribution < -0.4 is 0 Å². The first-order valence-electron chi connectivity index (χ1n) is 7.60. The molecule has 0 aliphatic heterocycles. The highest BCUT2D eigenvalue weighted by atomic mass is 14.7. The Morgan fingerprint density at radius 3 is 2.33 bits per heavy atom. The Morgan fingerprint density at radius 2 is 1.76 bits per heavy atom. The number of rotatable bonds is 4. The molecule has 1 aromatic heterocycles. The van der Waals surface area contributed by atoms with Crippen LogP contribution in [0.15, 0.2) is 61.3 Å². The van der Waals surface area contributed by atoms with Crippen molar-refractivity contribution in [3.63, 3.8) is 0 Å². The Labute approximate surface area is 129 Å². The maximum atomic E-state index is 4.43. The lowest BCUT2D eigenvalue weighted by Crippen LogP contribution is -1.88. The van der Waals surface area contributed by atoms with Crippen LogP contribution in [0.1, 0.15) is 38.4 Å². The van der Waals surface area contributed by atoms with Gasteiger partial charge in [-0.2, -0.15) is 0 Å². The predicted molar refractivity (Wildman–Crippen MR) is 94.2 cm³/mol. The second kappa shape index (κ2) is 8.91. The molecule has 0 saturated heterocycles. The lowest BCUT2D eigenvalue weighted by atomic mass is 10.0. The zero-order valence-electron chi connectivity index (χ0n) is 13.6. The Kier molecular flexibility index (Phi) is 7.17. The lowest BCUT2D eigenvalue weighted by Gasteiger charge is -2.06. The monoisotopic (exact) mass is 279 g/mol. The minimum atomic E-state index is 0.981. The van der Waals surface area contributed by atoms with E-state index in [1.54, 1.807) is 0 Å². The molecular formula is C20H25N. The molecule has 0 unspecified atom stereocenters. The van der Waals surface area contributed by atoms with Crippen LogP contribution in [0.4, 0.5) is 0 Å². The molecule has 21 heavy (non-hydrogen) atoms. The van der Waals surface area contributed by atoms with E-state index in [9.17, 15) is 0 Å². The third-order valence-corrected chi connectivity index (χ3v) is 3.08. The number of aryl methyl sites for hydroxylation is 1. The number of pyridine rings is 1. The van der Waals surface area contributed by atoms with E-state index in [0.29, 0.717) is 0 Å². The molecule has 110 valence electrons. The summed E-state index contributed by atoms with van der Waals surface area (Å²) in [4.78, 5) is 4.43. The average molecular weight is 279 g/mol. The number of allylic oxidation sites excluding steroid dienone is 3. The quantitative estimate of drug-likeness (QED) is 0.620. The Balaban J connectivity index is 0.00000106. The zero-order valence-corrected chi connectivity index (χ0v) is 13.6. The van der Waals surface area contributed by atoms with Crippen molar-refractivity contribution in [2.45, 2.75) is 34.1 Å². The van der Waals surface area contributed by atoms with Gasteiger partial charge in [-0.1, -0.05) is 69.3 Å². The molecule has 2 rings (SSSR count). The fraction of sp³-hybridized carbons (Fsp3) is 0.250. The number of benzene rings is 1. The molecule has 1 heteroatoms. The van der Waals surface area contributed by atoms with E-state index in [-0.39, 0.29) is 0 Å². The number of hydrogen-bond acceptors (Lipinski definition) is 1. The minimum absolute atomic E-state index is 0.981. The molecule has 0 amide bonds. The van der Waals surface area contributed by atoms with Gasteiger partial charge in [0.2, 0.25) is 0 Å². The molecule has 1 heterocycles. The highest BCUT2D eigenvalue weighted by Crippen LogP contribution is 2.23. The van der Waals surface area contributed by atoms with E-state index >= 15 is 0 Å². The van der Waals surface area contributed by atoms with E-state index in [0.717, 1.165) is 17.7 Å². The summed E-state index contributed by atoms with van der Waals surface area (Å²) in [6.45, 7) is 12.1. The first-order chi connectivity index (χ1) is 10.2. The highest BCUT2D eigenvalue weighted by molar-refractivity contribution is 5.75. The highest BCUT2D eigenvalue weighted by Gasteiger charge is 2.02. The van der Waals surface area contributed by atoms with Crippen molar-refractivity contribution in [2.75, 3.05) is 0 Å². The fourth-order valence-corrected chi connectivity index (χ4v) is 2.03. The van der Waals surface area contributed by atoms with E-state index in [2.05, 4.69) is 61.8 Å². The van der Waals surface area contributed by atoms with Gasteiger partial charge in [-0.3, -0.25) is 4.98 Å². The molecule has 0 fully saturated rings. The zero-order chi connectivity index (χ0) is 15.7. The molecule has 1 aromatic carbocycles. The van der Waals surface area contributed by atoms with Gasteiger partial charge in [-0.15, -0.1) is 0 Å². The van der Waals surface area contributed by atoms with Gasteiger partial charge in [0.05, 0.1) is 5.69 Å². The summed E-state index contributed by atoms with van der Waals surface area (Å²) in [5.41, 5.74) is 5.75. The van der Waals surface area contributed by atoms with Crippen LogP contribution in [0, 0.1) is 6.92 Å².